The van der Waals surface area contributed by atoms with Crippen molar-refractivity contribution in [1.29, 1.82) is 0 Å². The first-order valence-electron chi connectivity index (χ1n) is 6.98. The van der Waals surface area contributed by atoms with Crippen LogP contribution in [0.2, 0.25) is 0 Å². The van der Waals surface area contributed by atoms with Crippen LogP contribution in [0.5, 0.6) is 0 Å². The molecule has 21 heavy (non-hydrogen) atoms. The number of aryl methyl sites for hydroxylation is 2. The second kappa shape index (κ2) is 5.85. The zero-order valence-electron chi connectivity index (χ0n) is 12.0. The molecular formula is C14H17N3O3S. The number of esters is 1. The Bertz CT molecular complexity index is 650. The first kappa shape index (κ1) is 14.1. The van der Waals surface area contributed by atoms with Crippen LogP contribution in [0.1, 0.15) is 41.5 Å². The molecule has 0 bridgehead atoms. The molecule has 7 heteroatoms. The van der Waals surface area contributed by atoms with Gasteiger partial charge in [-0.1, -0.05) is 0 Å². The van der Waals surface area contributed by atoms with Gasteiger partial charge in [-0.25, -0.2) is 9.97 Å². The topological polar surface area (TPSA) is 77.2 Å². The largest absolute Gasteiger partial charge is 0.465 e. The fraction of sp³-hybridized carbons (Fsp3) is 0.500. The number of nitrogens with zero attached hydrogens (tertiary/aromatic N) is 2. The van der Waals surface area contributed by atoms with Crippen molar-refractivity contribution in [2.75, 3.05) is 11.9 Å². The summed E-state index contributed by atoms with van der Waals surface area (Å²) in [5.41, 5.74) is 0.865. The highest BCUT2D eigenvalue weighted by molar-refractivity contribution is 7.15. The van der Waals surface area contributed by atoms with Gasteiger partial charge >= 0.3 is 5.97 Å². The summed E-state index contributed by atoms with van der Waals surface area (Å²) in [7, 11) is 0. The maximum atomic E-state index is 11.9. The van der Waals surface area contributed by atoms with E-state index in [0.29, 0.717) is 19.0 Å². The fourth-order valence-electron chi connectivity index (χ4n) is 2.41. The Labute approximate surface area is 126 Å². The zero-order valence-corrected chi connectivity index (χ0v) is 12.8. The highest BCUT2D eigenvalue weighted by Crippen LogP contribution is 2.39. The van der Waals surface area contributed by atoms with Crippen LogP contribution in [0.15, 0.2) is 10.6 Å². The molecule has 1 unspecified atom stereocenters. The van der Waals surface area contributed by atoms with Crippen molar-refractivity contribution in [2.45, 2.75) is 39.2 Å². The van der Waals surface area contributed by atoms with Crippen LogP contribution in [-0.2, 0) is 22.5 Å². The predicted molar refractivity (Wildman–Crippen MR) is 78.4 cm³/mol. The number of thiazole rings is 1. The van der Waals surface area contributed by atoms with Gasteiger partial charge in [0.2, 0.25) is 5.89 Å². The van der Waals surface area contributed by atoms with Gasteiger partial charge in [0.15, 0.2) is 5.13 Å². The number of carbonyl (C=O) groups excluding carboxylic acids is 1. The molecule has 0 fully saturated rings. The number of anilines is 1. The van der Waals surface area contributed by atoms with E-state index in [4.69, 9.17) is 9.15 Å². The van der Waals surface area contributed by atoms with E-state index in [-0.39, 0.29) is 11.9 Å². The van der Waals surface area contributed by atoms with E-state index in [2.05, 4.69) is 15.3 Å². The van der Waals surface area contributed by atoms with Gasteiger partial charge in [0.05, 0.1) is 25.0 Å². The lowest BCUT2D eigenvalue weighted by atomic mass is 10.1. The molecule has 0 aromatic carbocycles. The van der Waals surface area contributed by atoms with Crippen molar-refractivity contribution in [2.24, 2.45) is 0 Å². The van der Waals surface area contributed by atoms with Gasteiger partial charge in [0.25, 0.3) is 0 Å². The maximum absolute atomic E-state index is 11.9. The monoisotopic (exact) mass is 307 g/mol. The summed E-state index contributed by atoms with van der Waals surface area (Å²) in [6.07, 6.45) is 3.37. The van der Waals surface area contributed by atoms with Crippen LogP contribution in [0.4, 0.5) is 5.13 Å². The van der Waals surface area contributed by atoms with Gasteiger partial charge in [-0.2, -0.15) is 0 Å². The Kier molecular flexibility index (Phi) is 3.92. The minimum atomic E-state index is -0.212. The summed E-state index contributed by atoms with van der Waals surface area (Å²) >= 11 is 1.59. The lowest BCUT2D eigenvalue weighted by molar-refractivity contribution is -0.145. The molecule has 0 radical (unpaired) electrons. The van der Waals surface area contributed by atoms with Crippen LogP contribution in [0, 0.1) is 6.92 Å². The van der Waals surface area contributed by atoms with Crippen LogP contribution >= 0.6 is 11.3 Å². The summed E-state index contributed by atoms with van der Waals surface area (Å²) in [6, 6.07) is 0. The predicted octanol–water partition coefficient (Wildman–Crippen LogP) is 2.64. The molecule has 112 valence electrons. The normalized spacial score (nSPS) is 16.8. The number of ether oxygens (including phenoxy) is 1. The smallest absolute Gasteiger partial charge is 0.315 e. The number of carbonyl (C=O) groups is 1. The van der Waals surface area contributed by atoms with Gasteiger partial charge < -0.3 is 14.5 Å². The van der Waals surface area contributed by atoms with Crippen molar-refractivity contribution in [3.63, 3.8) is 0 Å². The van der Waals surface area contributed by atoms with Gasteiger partial charge in [-0.3, -0.25) is 4.79 Å². The molecule has 1 atom stereocenters. The number of fused-ring (bicyclic) bond motifs is 1. The third-order valence-electron chi connectivity index (χ3n) is 3.35. The van der Waals surface area contributed by atoms with E-state index in [1.54, 1.807) is 17.5 Å². The third-order valence-corrected chi connectivity index (χ3v) is 4.44. The average molecular weight is 307 g/mol. The molecule has 2 aromatic heterocycles. The van der Waals surface area contributed by atoms with Crippen LogP contribution in [-0.4, -0.2) is 22.5 Å². The molecule has 0 saturated heterocycles. The lowest BCUT2D eigenvalue weighted by Crippen LogP contribution is -2.14. The standard InChI is InChI=1S/C14H17N3O3S/c1-3-19-13(18)9-4-5-10-12(9)17-14(21-10)16-7-11-15-6-8(2)20-11/h6,9H,3-5,7H2,1-2H3,(H,16,17). The number of rotatable bonds is 5. The molecule has 0 saturated carbocycles. The van der Waals surface area contributed by atoms with Crippen molar-refractivity contribution in [3.8, 4) is 0 Å². The first-order chi connectivity index (χ1) is 10.2. The van der Waals surface area contributed by atoms with Gasteiger partial charge in [0, 0.05) is 4.88 Å². The number of hydrogen-bond donors (Lipinski definition) is 1. The molecule has 0 amide bonds. The molecule has 0 spiro atoms. The van der Waals surface area contributed by atoms with E-state index >= 15 is 0 Å². The Hall–Kier alpha value is -1.89. The van der Waals surface area contributed by atoms with Crippen LogP contribution in [0.3, 0.4) is 0 Å². The number of nitrogens with one attached hydrogen (secondary N) is 1. The molecule has 2 heterocycles. The Balaban J connectivity index is 1.67. The summed E-state index contributed by atoms with van der Waals surface area (Å²) in [4.78, 5) is 21.7. The Morgan fingerprint density at radius 1 is 1.62 bits per heavy atom. The molecule has 1 aliphatic carbocycles. The lowest BCUT2D eigenvalue weighted by Gasteiger charge is -2.07. The van der Waals surface area contributed by atoms with E-state index in [1.807, 2.05) is 13.8 Å². The average Bonchev–Trinajstić information content (AvgIpc) is 3.11. The van der Waals surface area contributed by atoms with Gasteiger partial charge in [0.1, 0.15) is 11.7 Å². The minimum absolute atomic E-state index is 0.170. The molecule has 2 aromatic rings. The van der Waals surface area contributed by atoms with Crippen LogP contribution < -0.4 is 5.32 Å². The second-order valence-electron chi connectivity index (χ2n) is 4.89. The summed E-state index contributed by atoms with van der Waals surface area (Å²) < 4.78 is 10.5. The molecule has 1 aliphatic rings. The van der Waals surface area contributed by atoms with E-state index in [1.165, 1.54) is 4.88 Å². The first-order valence-corrected chi connectivity index (χ1v) is 7.80. The van der Waals surface area contributed by atoms with Crippen LogP contribution in [0.25, 0.3) is 0 Å². The van der Waals surface area contributed by atoms with Gasteiger partial charge in [-0.15, -0.1) is 11.3 Å². The van der Waals surface area contributed by atoms with Gasteiger partial charge in [-0.05, 0) is 26.7 Å². The van der Waals surface area contributed by atoms with E-state index in [0.717, 1.165) is 29.4 Å². The fourth-order valence-corrected chi connectivity index (χ4v) is 3.44. The van der Waals surface area contributed by atoms with Crippen molar-refractivity contribution in [3.05, 3.63) is 28.4 Å². The Morgan fingerprint density at radius 2 is 2.48 bits per heavy atom. The third kappa shape index (κ3) is 2.92. The summed E-state index contributed by atoms with van der Waals surface area (Å²) in [6.45, 7) is 4.58. The van der Waals surface area contributed by atoms with Crippen molar-refractivity contribution >= 4 is 22.4 Å². The Morgan fingerprint density at radius 3 is 3.19 bits per heavy atom. The highest BCUT2D eigenvalue weighted by Gasteiger charge is 2.33. The number of oxazole rings is 1. The van der Waals surface area contributed by atoms with E-state index < -0.39 is 0 Å². The summed E-state index contributed by atoms with van der Waals surface area (Å²) in [5, 5.41) is 3.99. The minimum Gasteiger partial charge on any atom is -0.465 e. The number of hydrogen-bond acceptors (Lipinski definition) is 7. The molecule has 6 nitrogen and oxygen atoms in total. The van der Waals surface area contributed by atoms with E-state index in [9.17, 15) is 4.79 Å². The summed E-state index contributed by atoms with van der Waals surface area (Å²) in [5.74, 6) is 1.03. The molecule has 1 N–H and O–H groups in total. The molecular weight excluding hydrogens is 290 g/mol. The van der Waals surface area contributed by atoms with Crippen molar-refractivity contribution < 1.29 is 13.9 Å². The molecule has 3 rings (SSSR count). The SMILES string of the molecule is CCOC(=O)C1CCc2sc(NCc3ncc(C)o3)nc21. The highest BCUT2D eigenvalue weighted by atomic mass is 32.1. The maximum Gasteiger partial charge on any atom is 0.315 e. The second-order valence-corrected chi connectivity index (χ2v) is 5.97. The quantitative estimate of drug-likeness (QED) is 0.856. The van der Waals surface area contributed by atoms with Crippen molar-refractivity contribution in [1.82, 2.24) is 9.97 Å². The zero-order chi connectivity index (χ0) is 14.8. The number of aromatic nitrogens is 2. The molecule has 0 aliphatic heterocycles.